The smallest absolute Gasteiger partial charge is 0.171 e. The molecule has 0 spiro atoms. The zero-order valence-corrected chi connectivity index (χ0v) is 12.2. The second-order valence-corrected chi connectivity index (χ2v) is 6.90. The number of aromatic nitrogens is 2. The number of halogens is 2. The van der Waals surface area contributed by atoms with Crippen LogP contribution in [0.5, 0.6) is 0 Å². The molecule has 17 heavy (non-hydrogen) atoms. The standard InChI is InChI=1S/C12H10BrClN2S/c13-10-6-5-9(17-10)12-15-8-4-2-1-3-7(8)11(14)16-12/h5-6H,1-4H2. The maximum Gasteiger partial charge on any atom is 0.171 e. The number of aryl methyl sites for hydroxylation is 1. The Hall–Kier alpha value is -0.450. The van der Waals surface area contributed by atoms with Crippen LogP contribution in [0.1, 0.15) is 24.1 Å². The van der Waals surface area contributed by atoms with Gasteiger partial charge in [-0.05, 0) is 53.7 Å². The average molecular weight is 330 g/mol. The van der Waals surface area contributed by atoms with Crippen molar-refractivity contribution in [1.82, 2.24) is 9.97 Å². The van der Waals surface area contributed by atoms with Gasteiger partial charge in [-0.2, -0.15) is 0 Å². The minimum atomic E-state index is 0.634. The average Bonchev–Trinajstić information content (AvgIpc) is 2.76. The Balaban J connectivity index is 2.10. The number of thiophene rings is 1. The summed E-state index contributed by atoms with van der Waals surface area (Å²) in [6.45, 7) is 0. The van der Waals surface area contributed by atoms with E-state index in [1.54, 1.807) is 11.3 Å². The molecule has 0 radical (unpaired) electrons. The molecule has 2 heterocycles. The quantitative estimate of drug-likeness (QED) is 0.720. The molecule has 0 aromatic carbocycles. The molecule has 2 aromatic rings. The van der Waals surface area contributed by atoms with E-state index in [1.165, 1.54) is 12.8 Å². The normalized spacial score (nSPS) is 14.7. The number of fused-ring (bicyclic) bond motifs is 1. The van der Waals surface area contributed by atoms with Crippen molar-refractivity contribution in [2.75, 3.05) is 0 Å². The van der Waals surface area contributed by atoms with E-state index in [-0.39, 0.29) is 0 Å². The first-order valence-electron chi connectivity index (χ1n) is 5.55. The number of rotatable bonds is 1. The van der Waals surface area contributed by atoms with Crippen LogP contribution < -0.4 is 0 Å². The molecule has 1 aliphatic rings. The minimum Gasteiger partial charge on any atom is -0.232 e. The summed E-state index contributed by atoms with van der Waals surface area (Å²) >= 11 is 11.3. The third-order valence-corrected chi connectivity index (χ3v) is 4.86. The Morgan fingerprint density at radius 2 is 2.00 bits per heavy atom. The van der Waals surface area contributed by atoms with Crippen LogP contribution in [0.15, 0.2) is 15.9 Å². The van der Waals surface area contributed by atoms with E-state index in [0.29, 0.717) is 5.15 Å². The Bertz CT molecular complexity index is 568. The van der Waals surface area contributed by atoms with Crippen molar-refractivity contribution in [3.05, 3.63) is 32.3 Å². The monoisotopic (exact) mass is 328 g/mol. The summed E-state index contributed by atoms with van der Waals surface area (Å²) in [7, 11) is 0. The Morgan fingerprint density at radius 1 is 1.18 bits per heavy atom. The predicted octanol–water partition coefficient (Wildman–Crippen LogP) is 4.50. The summed E-state index contributed by atoms with van der Waals surface area (Å²) in [5.74, 6) is 0.756. The number of hydrogen-bond acceptors (Lipinski definition) is 3. The molecule has 5 heteroatoms. The first kappa shape index (κ1) is 11.6. The van der Waals surface area contributed by atoms with Gasteiger partial charge in [-0.3, -0.25) is 0 Å². The molecule has 2 nitrogen and oxygen atoms in total. The Labute approximate surface area is 117 Å². The second-order valence-electron chi connectivity index (χ2n) is 4.07. The maximum absolute atomic E-state index is 6.25. The van der Waals surface area contributed by atoms with Crippen LogP contribution in [0.25, 0.3) is 10.7 Å². The van der Waals surface area contributed by atoms with Crippen LogP contribution in [-0.4, -0.2) is 9.97 Å². The lowest BCUT2D eigenvalue weighted by Crippen LogP contribution is -2.08. The molecular weight excluding hydrogens is 320 g/mol. The molecule has 0 saturated carbocycles. The van der Waals surface area contributed by atoms with Crippen LogP contribution in [0, 0.1) is 0 Å². The molecule has 0 aliphatic heterocycles. The zero-order chi connectivity index (χ0) is 11.8. The molecule has 2 aromatic heterocycles. The lowest BCUT2D eigenvalue weighted by molar-refractivity contribution is 0.664. The Kier molecular flexibility index (Phi) is 3.19. The van der Waals surface area contributed by atoms with E-state index in [1.807, 2.05) is 12.1 Å². The molecule has 3 rings (SSSR count). The lowest BCUT2D eigenvalue weighted by Gasteiger charge is -2.16. The van der Waals surface area contributed by atoms with Gasteiger partial charge in [0.2, 0.25) is 0 Å². The SMILES string of the molecule is Clc1nc(-c2ccc(Br)s2)nc2c1CCCC2. The number of nitrogens with zero attached hydrogens (tertiary/aromatic N) is 2. The summed E-state index contributed by atoms with van der Waals surface area (Å²) in [5.41, 5.74) is 2.29. The molecule has 88 valence electrons. The maximum atomic E-state index is 6.25. The van der Waals surface area contributed by atoms with Gasteiger partial charge in [0, 0.05) is 11.3 Å². The zero-order valence-electron chi connectivity index (χ0n) is 9.04. The van der Waals surface area contributed by atoms with Crippen LogP contribution in [0.4, 0.5) is 0 Å². The fourth-order valence-corrected chi connectivity index (χ4v) is 3.70. The van der Waals surface area contributed by atoms with E-state index in [2.05, 4.69) is 25.9 Å². The van der Waals surface area contributed by atoms with E-state index in [9.17, 15) is 0 Å². The highest BCUT2D eigenvalue weighted by molar-refractivity contribution is 9.11. The van der Waals surface area contributed by atoms with Crippen LogP contribution in [0.3, 0.4) is 0 Å². The van der Waals surface area contributed by atoms with Gasteiger partial charge in [-0.1, -0.05) is 11.6 Å². The van der Waals surface area contributed by atoms with Crippen molar-refractivity contribution in [3.8, 4) is 10.7 Å². The van der Waals surface area contributed by atoms with Crippen molar-refractivity contribution in [2.45, 2.75) is 25.7 Å². The molecule has 0 atom stereocenters. The van der Waals surface area contributed by atoms with E-state index < -0.39 is 0 Å². The topological polar surface area (TPSA) is 25.8 Å². The predicted molar refractivity (Wildman–Crippen MR) is 74.7 cm³/mol. The first-order chi connectivity index (χ1) is 8.24. The fraction of sp³-hybridized carbons (Fsp3) is 0.333. The highest BCUT2D eigenvalue weighted by Gasteiger charge is 2.17. The fourth-order valence-electron chi connectivity index (χ4n) is 2.09. The van der Waals surface area contributed by atoms with Gasteiger partial charge >= 0.3 is 0 Å². The van der Waals surface area contributed by atoms with Crippen LogP contribution in [-0.2, 0) is 12.8 Å². The van der Waals surface area contributed by atoms with Crippen molar-refractivity contribution in [3.63, 3.8) is 0 Å². The molecule has 0 saturated heterocycles. The molecule has 0 fully saturated rings. The van der Waals surface area contributed by atoms with Crippen LogP contribution >= 0.6 is 38.9 Å². The third-order valence-electron chi connectivity index (χ3n) is 2.93. The highest BCUT2D eigenvalue weighted by atomic mass is 79.9. The summed E-state index contributed by atoms with van der Waals surface area (Å²) in [4.78, 5) is 10.1. The minimum absolute atomic E-state index is 0.634. The van der Waals surface area contributed by atoms with E-state index in [4.69, 9.17) is 11.6 Å². The van der Waals surface area contributed by atoms with Gasteiger partial charge in [0.15, 0.2) is 5.82 Å². The van der Waals surface area contributed by atoms with Gasteiger partial charge in [-0.15, -0.1) is 11.3 Å². The third kappa shape index (κ3) is 2.26. The lowest BCUT2D eigenvalue weighted by atomic mass is 9.97. The van der Waals surface area contributed by atoms with Crippen molar-refractivity contribution in [2.24, 2.45) is 0 Å². The van der Waals surface area contributed by atoms with Gasteiger partial charge in [0.05, 0.1) is 8.66 Å². The second kappa shape index (κ2) is 4.67. The molecule has 1 aliphatic carbocycles. The molecule has 0 N–H and O–H groups in total. The van der Waals surface area contributed by atoms with Gasteiger partial charge in [0.25, 0.3) is 0 Å². The van der Waals surface area contributed by atoms with Crippen molar-refractivity contribution >= 4 is 38.9 Å². The summed E-state index contributed by atoms with van der Waals surface area (Å²) in [6, 6.07) is 4.03. The van der Waals surface area contributed by atoms with Crippen molar-refractivity contribution in [1.29, 1.82) is 0 Å². The van der Waals surface area contributed by atoms with Gasteiger partial charge in [-0.25, -0.2) is 9.97 Å². The number of hydrogen-bond donors (Lipinski definition) is 0. The van der Waals surface area contributed by atoms with E-state index >= 15 is 0 Å². The Morgan fingerprint density at radius 3 is 2.76 bits per heavy atom. The summed E-state index contributed by atoms with van der Waals surface area (Å²) in [5, 5.41) is 0.634. The highest BCUT2D eigenvalue weighted by Crippen LogP contribution is 2.32. The van der Waals surface area contributed by atoms with Gasteiger partial charge < -0.3 is 0 Å². The van der Waals surface area contributed by atoms with Crippen molar-refractivity contribution < 1.29 is 0 Å². The first-order valence-corrected chi connectivity index (χ1v) is 7.54. The molecule has 0 amide bonds. The van der Waals surface area contributed by atoms with E-state index in [0.717, 1.165) is 38.6 Å². The molecule has 0 unspecified atom stereocenters. The largest absolute Gasteiger partial charge is 0.232 e. The van der Waals surface area contributed by atoms with Crippen LogP contribution in [0.2, 0.25) is 5.15 Å². The summed E-state index contributed by atoms with van der Waals surface area (Å²) in [6.07, 6.45) is 4.44. The van der Waals surface area contributed by atoms with Gasteiger partial charge in [0.1, 0.15) is 5.15 Å². The molecular formula is C12H10BrClN2S. The molecule has 0 bridgehead atoms. The summed E-state index contributed by atoms with van der Waals surface area (Å²) < 4.78 is 1.09.